The van der Waals surface area contributed by atoms with Crippen LogP contribution < -0.4 is 0 Å². The standard InChI is InChI=1S/C10H22.C6H10O4.K.H/c1-3-5-7-9-10-8-6-4-2;1-3(2)4(5(7)8)6(9)10;;/h3-10H2,1-2H3;3-4H,1-2H3,(H,7,8)(H,9,10);;. The molecule has 0 rings (SSSR count). The van der Waals surface area contributed by atoms with Crippen molar-refractivity contribution >= 4 is 63.3 Å². The van der Waals surface area contributed by atoms with Gasteiger partial charge in [0.2, 0.25) is 0 Å². The van der Waals surface area contributed by atoms with Gasteiger partial charge in [-0.1, -0.05) is 79.1 Å². The van der Waals surface area contributed by atoms with E-state index in [9.17, 15) is 9.59 Å². The van der Waals surface area contributed by atoms with Gasteiger partial charge in [-0.2, -0.15) is 0 Å². The van der Waals surface area contributed by atoms with Crippen LogP contribution in [0.15, 0.2) is 0 Å². The molecule has 5 heteroatoms. The maximum absolute atomic E-state index is 10.2. The van der Waals surface area contributed by atoms with Crippen LogP contribution >= 0.6 is 0 Å². The van der Waals surface area contributed by atoms with Gasteiger partial charge >= 0.3 is 63.3 Å². The van der Waals surface area contributed by atoms with Gasteiger partial charge in [0, 0.05) is 0 Å². The number of carboxylic acids is 2. The van der Waals surface area contributed by atoms with Gasteiger partial charge in [0.1, 0.15) is 0 Å². The second-order valence-corrected chi connectivity index (χ2v) is 5.52. The van der Waals surface area contributed by atoms with Crippen molar-refractivity contribution in [3.63, 3.8) is 0 Å². The summed E-state index contributed by atoms with van der Waals surface area (Å²) in [7, 11) is 0. The summed E-state index contributed by atoms with van der Waals surface area (Å²) in [6.45, 7) is 7.66. The van der Waals surface area contributed by atoms with Gasteiger partial charge in [-0.25, -0.2) is 0 Å². The number of carbonyl (C=O) groups is 2. The fourth-order valence-electron chi connectivity index (χ4n) is 1.88. The van der Waals surface area contributed by atoms with E-state index in [0.29, 0.717) is 0 Å². The minimum absolute atomic E-state index is 0. The molecule has 122 valence electrons. The molecule has 0 aliphatic carbocycles. The summed E-state index contributed by atoms with van der Waals surface area (Å²) in [5.41, 5.74) is 0. The van der Waals surface area contributed by atoms with Crippen LogP contribution in [0.3, 0.4) is 0 Å². The molecule has 0 heterocycles. The van der Waals surface area contributed by atoms with Crippen LogP contribution in [-0.4, -0.2) is 73.5 Å². The van der Waals surface area contributed by atoms with E-state index in [1.165, 1.54) is 51.4 Å². The zero-order valence-electron chi connectivity index (χ0n) is 13.5. The molecular formula is C16H33KO4. The van der Waals surface area contributed by atoms with Crippen LogP contribution in [0.2, 0.25) is 0 Å². The molecule has 2 N–H and O–H groups in total. The molecule has 0 fully saturated rings. The third kappa shape index (κ3) is 18.5. The molecule has 0 aromatic heterocycles. The van der Waals surface area contributed by atoms with Gasteiger partial charge in [-0.15, -0.1) is 0 Å². The Bertz CT molecular complexity index is 233. The van der Waals surface area contributed by atoms with Crippen molar-refractivity contribution < 1.29 is 19.8 Å². The molecule has 0 saturated heterocycles. The molecule has 21 heavy (non-hydrogen) atoms. The van der Waals surface area contributed by atoms with Crippen molar-refractivity contribution in [2.45, 2.75) is 79.1 Å². The number of aliphatic carboxylic acids is 2. The molecule has 0 aliphatic rings. The first-order valence-corrected chi connectivity index (χ1v) is 7.84. The van der Waals surface area contributed by atoms with Crippen molar-refractivity contribution in [1.29, 1.82) is 0 Å². The Balaban J connectivity index is -0.000000295. The number of unbranched alkanes of at least 4 members (excludes halogenated alkanes) is 7. The SMILES string of the molecule is CC(C)C(C(=O)O)C(=O)O.CCCCCCCCCC.[KH]. The summed E-state index contributed by atoms with van der Waals surface area (Å²) in [5.74, 6) is -4.19. The van der Waals surface area contributed by atoms with Crippen LogP contribution in [0, 0.1) is 11.8 Å². The molecule has 0 aliphatic heterocycles. The molecule has 0 unspecified atom stereocenters. The third-order valence-corrected chi connectivity index (χ3v) is 3.16. The molecule has 0 spiro atoms. The monoisotopic (exact) mass is 328 g/mol. The maximum atomic E-state index is 10.2. The number of hydrogen-bond donors (Lipinski definition) is 2. The molecule has 0 amide bonds. The van der Waals surface area contributed by atoms with E-state index < -0.39 is 17.9 Å². The van der Waals surface area contributed by atoms with Gasteiger partial charge in [-0.3, -0.25) is 9.59 Å². The predicted octanol–water partition coefficient (Wildman–Crippen LogP) is 3.93. The molecule has 0 aromatic rings. The second-order valence-electron chi connectivity index (χ2n) is 5.52. The Labute approximate surface area is 172 Å². The van der Waals surface area contributed by atoms with Crippen LogP contribution in [0.1, 0.15) is 79.1 Å². The van der Waals surface area contributed by atoms with Crippen molar-refractivity contribution in [2.75, 3.05) is 0 Å². The summed E-state index contributed by atoms with van der Waals surface area (Å²) in [6.07, 6.45) is 11.5. The molecule has 0 radical (unpaired) electrons. The van der Waals surface area contributed by atoms with Crippen LogP contribution in [0.5, 0.6) is 0 Å². The molecule has 0 saturated carbocycles. The molecule has 0 aromatic carbocycles. The molecule has 4 nitrogen and oxygen atoms in total. The summed E-state index contributed by atoms with van der Waals surface area (Å²) >= 11 is 0. The summed E-state index contributed by atoms with van der Waals surface area (Å²) < 4.78 is 0. The molecular weight excluding hydrogens is 295 g/mol. The quantitative estimate of drug-likeness (QED) is 0.362. The van der Waals surface area contributed by atoms with E-state index in [1.54, 1.807) is 13.8 Å². The van der Waals surface area contributed by atoms with Gasteiger partial charge in [0.15, 0.2) is 5.92 Å². The first kappa shape index (κ1) is 26.5. The number of carboxylic acid groups (broad SMARTS) is 2. The zero-order valence-corrected chi connectivity index (χ0v) is 13.5. The molecule has 0 bridgehead atoms. The van der Waals surface area contributed by atoms with E-state index in [4.69, 9.17) is 10.2 Å². The number of rotatable bonds is 10. The summed E-state index contributed by atoms with van der Waals surface area (Å²) in [5, 5.41) is 16.7. The van der Waals surface area contributed by atoms with E-state index >= 15 is 0 Å². The third-order valence-electron chi connectivity index (χ3n) is 3.16. The first-order valence-electron chi connectivity index (χ1n) is 7.84. The molecule has 0 atom stereocenters. The predicted molar refractivity (Wildman–Crippen MR) is 89.0 cm³/mol. The van der Waals surface area contributed by atoms with Crippen molar-refractivity contribution in [3.8, 4) is 0 Å². The fraction of sp³-hybridized carbons (Fsp3) is 0.875. The van der Waals surface area contributed by atoms with Crippen LogP contribution in [0.25, 0.3) is 0 Å². The van der Waals surface area contributed by atoms with Crippen LogP contribution in [0.4, 0.5) is 0 Å². The fourth-order valence-corrected chi connectivity index (χ4v) is 1.88. The number of hydrogen-bond acceptors (Lipinski definition) is 2. The Morgan fingerprint density at radius 3 is 1.19 bits per heavy atom. The minimum atomic E-state index is -1.28. The Kier molecular flexibility index (Phi) is 23.5. The summed E-state index contributed by atoms with van der Waals surface area (Å²) in [4.78, 5) is 20.4. The Hall–Kier alpha value is 0.576. The summed E-state index contributed by atoms with van der Waals surface area (Å²) in [6, 6.07) is 0. The van der Waals surface area contributed by atoms with Gasteiger partial charge < -0.3 is 10.2 Å². The average Bonchev–Trinajstić information content (AvgIpc) is 2.33. The topological polar surface area (TPSA) is 74.6 Å². The van der Waals surface area contributed by atoms with Gasteiger partial charge in [0.05, 0.1) is 0 Å². The Morgan fingerprint density at radius 2 is 1.05 bits per heavy atom. The first-order chi connectivity index (χ1) is 9.38. The second kappa shape index (κ2) is 18.6. The Morgan fingerprint density at radius 1 is 0.762 bits per heavy atom. The van der Waals surface area contributed by atoms with Crippen molar-refractivity contribution in [2.24, 2.45) is 11.8 Å². The van der Waals surface area contributed by atoms with E-state index in [2.05, 4.69) is 13.8 Å². The van der Waals surface area contributed by atoms with Crippen molar-refractivity contribution in [3.05, 3.63) is 0 Å². The van der Waals surface area contributed by atoms with Gasteiger partial charge in [-0.05, 0) is 5.92 Å². The normalized spacial score (nSPS) is 9.81. The average molecular weight is 329 g/mol. The van der Waals surface area contributed by atoms with E-state index in [1.807, 2.05) is 0 Å². The zero-order chi connectivity index (χ0) is 16.0. The van der Waals surface area contributed by atoms with Gasteiger partial charge in [0.25, 0.3) is 0 Å². The van der Waals surface area contributed by atoms with E-state index in [0.717, 1.165) is 0 Å². The van der Waals surface area contributed by atoms with E-state index in [-0.39, 0.29) is 57.3 Å². The van der Waals surface area contributed by atoms with Crippen molar-refractivity contribution in [1.82, 2.24) is 0 Å². The van der Waals surface area contributed by atoms with Crippen LogP contribution in [-0.2, 0) is 9.59 Å².